The van der Waals surface area contributed by atoms with Gasteiger partial charge >= 0.3 is 12.1 Å². The molecule has 2 unspecified atom stereocenters. The van der Waals surface area contributed by atoms with Crippen molar-refractivity contribution >= 4 is 23.9 Å². The number of para-hydroxylation sites is 1. The highest BCUT2D eigenvalue weighted by Gasteiger charge is 2.45. The number of esters is 1. The fourth-order valence-electron chi connectivity index (χ4n) is 4.22. The average Bonchev–Trinajstić information content (AvgIpc) is 3.72. The number of aromatic hydroxyl groups is 2. The van der Waals surface area contributed by atoms with Crippen LogP contribution in [-0.2, 0) is 30.3 Å². The number of benzene rings is 2. The molecule has 1 fully saturated rings. The highest BCUT2D eigenvalue weighted by Crippen LogP contribution is 2.39. The minimum absolute atomic E-state index is 0.0396. The molecule has 0 saturated heterocycles. The van der Waals surface area contributed by atoms with Gasteiger partial charge in [-0.2, -0.15) is 0 Å². The van der Waals surface area contributed by atoms with Crippen LogP contribution in [0.25, 0.3) is 0 Å². The van der Waals surface area contributed by atoms with Crippen molar-refractivity contribution in [2.75, 3.05) is 13.7 Å². The van der Waals surface area contributed by atoms with Gasteiger partial charge in [-0.15, -0.1) is 0 Å². The Kier molecular flexibility index (Phi) is 9.62. The van der Waals surface area contributed by atoms with Crippen LogP contribution in [0.4, 0.5) is 4.79 Å². The Morgan fingerprint density at radius 2 is 1.70 bits per heavy atom. The van der Waals surface area contributed by atoms with E-state index in [1.807, 2.05) is 0 Å². The third-order valence-electron chi connectivity index (χ3n) is 6.28. The van der Waals surface area contributed by atoms with Crippen LogP contribution in [0.1, 0.15) is 56.3 Å². The number of hydrogen-bond acceptors (Lipinski definition) is 8. The molecule has 216 valence electrons. The molecule has 2 aromatic rings. The number of aryl methyl sites for hydroxylation is 1. The fraction of sp³-hybridized carbons (Fsp3) is 0.448. The van der Waals surface area contributed by atoms with Gasteiger partial charge in [0, 0.05) is 18.0 Å². The average molecular weight is 556 g/mol. The van der Waals surface area contributed by atoms with Gasteiger partial charge in [-0.3, -0.25) is 14.4 Å². The van der Waals surface area contributed by atoms with Crippen molar-refractivity contribution < 1.29 is 38.9 Å². The summed E-state index contributed by atoms with van der Waals surface area (Å²) in [6.07, 6.45) is 0.442. The number of hydrogen-bond donors (Lipinski definition) is 4. The SMILES string of the molecule is COC(=O)CNC(=O)C(c1cccc(C)c1O)N(C(=O)C(Cc1ccc(O)cc1)NC(=O)OC(C)(C)C)C1CC1. The summed E-state index contributed by atoms with van der Waals surface area (Å²) in [7, 11) is 1.19. The predicted molar refractivity (Wildman–Crippen MR) is 145 cm³/mol. The summed E-state index contributed by atoms with van der Waals surface area (Å²) in [6, 6.07) is 8.27. The van der Waals surface area contributed by atoms with Crippen molar-refractivity contribution in [1.82, 2.24) is 15.5 Å². The Morgan fingerprint density at radius 1 is 1.05 bits per heavy atom. The number of methoxy groups -OCH3 is 1. The van der Waals surface area contributed by atoms with Gasteiger partial charge < -0.3 is 35.2 Å². The molecule has 0 spiro atoms. The molecular weight excluding hydrogens is 518 g/mol. The fourth-order valence-corrected chi connectivity index (χ4v) is 4.22. The number of phenols is 2. The van der Waals surface area contributed by atoms with Gasteiger partial charge in [0.05, 0.1) is 7.11 Å². The molecule has 3 amide bonds. The highest BCUT2D eigenvalue weighted by molar-refractivity contribution is 5.94. The molecule has 2 aromatic carbocycles. The van der Waals surface area contributed by atoms with Gasteiger partial charge in [0.1, 0.15) is 35.7 Å². The van der Waals surface area contributed by atoms with Crippen molar-refractivity contribution in [2.45, 2.75) is 70.7 Å². The Balaban J connectivity index is 2.04. The van der Waals surface area contributed by atoms with Crippen molar-refractivity contribution in [2.24, 2.45) is 0 Å². The van der Waals surface area contributed by atoms with E-state index in [0.717, 1.165) is 0 Å². The quantitative estimate of drug-likeness (QED) is 0.326. The zero-order valence-electron chi connectivity index (χ0n) is 23.4. The Labute approximate surface area is 233 Å². The van der Waals surface area contributed by atoms with Gasteiger partial charge in [0.15, 0.2) is 0 Å². The standard InChI is InChI=1S/C29H37N3O8/c1-17-7-6-8-21(25(17)35)24(26(36)30-16-23(34)39-5)32(19-11-12-19)27(37)22(31-28(38)40-29(2,3)4)15-18-9-13-20(33)14-10-18/h6-10,13-14,19,22,24,33,35H,11-12,15-16H2,1-5H3,(H,30,36)(H,31,38). The Morgan fingerprint density at radius 3 is 2.27 bits per heavy atom. The van der Waals surface area contributed by atoms with Crippen LogP contribution in [0.2, 0.25) is 0 Å². The van der Waals surface area contributed by atoms with Crippen LogP contribution in [0.3, 0.4) is 0 Å². The lowest BCUT2D eigenvalue weighted by Crippen LogP contribution is -2.54. The summed E-state index contributed by atoms with van der Waals surface area (Å²) < 4.78 is 10.0. The predicted octanol–water partition coefficient (Wildman–Crippen LogP) is 2.86. The van der Waals surface area contributed by atoms with Crippen molar-refractivity contribution in [3.05, 3.63) is 59.2 Å². The van der Waals surface area contributed by atoms with E-state index < -0.39 is 48.1 Å². The Bertz CT molecular complexity index is 1230. The number of phenolic OH excluding ortho intramolecular Hbond substituents is 2. The van der Waals surface area contributed by atoms with E-state index in [4.69, 9.17) is 4.74 Å². The van der Waals surface area contributed by atoms with Crippen LogP contribution in [0.5, 0.6) is 11.5 Å². The summed E-state index contributed by atoms with van der Waals surface area (Å²) in [5.74, 6) is -2.05. The maximum Gasteiger partial charge on any atom is 0.408 e. The van der Waals surface area contributed by atoms with Crippen molar-refractivity contribution in [3.63, 3.8) is 0 Å². The van der Waals surface area contributed by atoms with Crippen LogP contribution < -0.4 is 10.6 Å². The molecule has 4 N–H and O–H groups in total. The highest BCUT2D eigenvalue weighted by atomic mass is 16.6. The lowest BCUT2D eigenvalue weighted by Gasteiger charge is -2.35. The minimum atomic E-state index is -1.30. The number of nitrogens with one attached hydrogen (secondary N) is 2. The van der Waals surface area contributed by atoms with E-state index in [2.05, 4.69) is 15.4 Å². The molecule has 1 aliphatic rings. The second-order valence-electron chi connectivity index (χ2n) is 10.8. The van der Waals surface area contributed by atoms with E-state index in [9.17, 15) is 29.4 Å². The van der Waals surface area contributed by atoms with E-state index in [1.165, 1.54) is 24.1 Å². The molecule has 0 aliphatic heterocycles. The molecule has 0 aromatic heterocycles. The molecule has 1 aliphatic carbocycles. The molecule has 2 atom stereocenters. The number of amides is 3. The monoisotopic (exact) mass is 555 g/mol. The summed E-state index contributed by atoms with van der Waals surface area (Å²) in [5, 5.41) is 25.8. The smallest absolute Gasteiger partial charge is 0.408 e. The zero-order chi connectivity index (χ0) is 29.6. The van der Waals surface area contributed by atoms with Crippen molar-refractivity contribution in [1.29, 1.82) is 0 Å². The maximum absolute atomic E-state index is 14.3. The first-order valence-electron chi connectivity index (χ1n) is 13.0. The molecule has 11 nitrogen and oxygen atoms in total. The molecule has 0 heterocycles. The lowest BCUT2D eigenvalue weighted by molar-refractivity contribution is -0.145. The topological polar surface area (TPSA) is 154 Å². The van der Waals surface area contributed by atoms with Crippen LogP contribution >= 0.6 is 0 Å². The number of alkyl carbamates (subject to hydrolysis) is 1. The largest absolute Gasteiger partial charge is 0.508 e. The van der Waals surface area contributed by atoms with Gasteiger partial charge in [-0.25, -0.2) is 4.79 Å². The second-order valence-corrected chi connectivity index (χ2v) is 10.8. The summed E-state index contributed by atoms with van der Waals surface area (Å²) in [6.45, 7) is 6.33. The first-order valence-corrected chi connectivity index (χ1v) is 13.0. The zero-order valence-corrected chi connectivity index (χ0v) is 23.4. The van der Waals surface area contributed by atoms with E-state index in [-0.39, 0.29) is 29.5 Å². The van der Waals surface area contributed by atoms with Crippen LogP contribution in [0.15, 0.2) is 42.5 Å². The number of rotatable bonds is 10. The Hall–Kier alpha value is -4.28. The van der Waals surface area contributed by atoms with Crippen LogP contribution in [-0.4, -0.2) is 70.3 Å². The maximum atomic E-state index is 14.3. The minimum Gasteiger partial charge on any atom is -0.508 e. The summed E-state index contributed by atoms with van der Waals surface area (Å²) >= 11 is 0. The lowest BCUT2D eigenvalue weighted by atomic mass is 9.97. The summed E-state index contributed by atoms with van der Waals surface area (Å²) in [4.78, 5) is 53.8. The third kappa shape index (κ3) is 8.11. The van der Waals surface area contributed by atoms with Gasteiger partial charge in [0.25, 0.3) is 0 Å². The number of carbonyl (C=O) groups excluding carboxylic acids is 4. The van der Waals surface area contributed by atoms with Crippen molar-refractivity contribution in [3.8, 4) is 11.5 Å². The molecule has 11 heteroatoms. The van der Waals surface area contributed by atoms with Gasteiger partial charge in [-0.1, -0.05) is 30.3 Å². The first-order chi connectivity index (χ1) is 18.8. The molecule has 0 bridgehead atoms. The molecule has 3 rings (SSSR count). The third-order valence-corrected chi connectivity index (χ3v) is 6.28. The normalized spacial score (nSPS) is 14.4. The number of carbonyl (C=O) groups is 4. The summed E-state index contributed by atoms with van der Waals surface area (Å²) in [5.41, 5.74) is 0.506. The van der Waals surface area contributed by atoms with E-state index in [0.29, 0.717) is 24.0 Å². The van der Waals surface area contributed by atoms with Crippen LogP contribution in [0, 0.1) is 6.92 Å². The van der Waals surface area contributed by atoms with E-state index in [1.54, 1.807) is 58.0 Å². The molecule has 1 saturated carbocycles. The molecule has 40 heavy (non-hydrogen) atoms. The number of ether oxygens (including phenoxy) is 2. The van der Waals surface area contributed by atoms with Gasteiger partial charge in [-0.05, 0) is 63.8 Å². The van der Waals surface area contributed by atoms with E-state index >= 15 is 0 Å². The molecular formula is C29H37N3O8. The number of nitrogens with zero attached hydrogens (tertiary/aromatic N) is 1. The van der Waals surface area contributed by atoms with Gasteiger partial charge in [0.2, 0.25) is 11.8 Å². The first kappa shape index (κ1) is 30.3. The molecule has 0 radical (unpaired) electrons. The second kappa shape index (κ2) is 12.7.